The van der Waals surface area contributed by atoms with Crippen molar-refractivity contribution in [3.63, 3.8) is 0 Å². The Bertz CT molecular complexity index is 1290. The highest BCUT2D eigenvalue weighted by molar-refractivity contribution is 5.91. The summed E-state index contributed by atoms with van der Waals surface area (Å²) in [4.78, 5) is 23.7. The average Bonchev–Trinajstić information content (AvgIpc) is 3.44. The van der Waals surface area contributed by atoms with Crippen LogP contribution in [0.4, 0.5) is 0 Å². The van der Waals surface area contributed by atoms with Gasteiger partial charge in [-0.3, -0.25) is 4.79 Å². The van der Waals surface area contributed by atoms with Crippen LogP contribution in [0.2, 0.25) is 0 Å². The smallest absolute Gasteiger partial charge is 0.343 e. The third-order valence-corrected chi connectivity index (χ3v) is 4.80. The van der Waals surface area contributed by atoms with E-state index in [0.29, 0.717) is 42.2 Å². The molecule has 0 spiro atoms. The molecule has 0 aliphatic rings. The molecule has 1 amide bonds. The highest BCUT2D eigenvalue weighted by Gasteiger charge is 2.18. The zero-order valence-corrected chi connectivity index (χ0v) is 16.9. The molecule has 0 saturated carbocycles. The molecule has 4 aromatic rings. The summed E-state index contributed by atoms with van der Waals surface area (Å²) in [5, 5.41) is 17.1. The van der Waals surface area contributed by atoms with Gasteiger partial charge in [-0.25, -0.2) is 4.79 Å². The zero-order valence-electron chi connectivity index (χ0n) is 16.9. The van der Waals surface area contributed by atoms with Crippen LogP contribution in [0.3, 0.4) is 0 Å². The molecule has 2 N–H and O–H groups in total. The van der Waals surface area contributed by atoms with Crippen LogP contribution in [-0.4, -0.2) is 29.3 Å². The molecule has 0 aliphatic carbocycles. The number of aromatic hydroxyl groups is 1. The summed E-state index contributed by atoms with van der Waals surface area (Å²) in [6.07, 6.45) is 2.01. The van der Waals surface area contributed by atoms with E-state index in [1.165, 1.54) is 19.2 Å². The van der Waals surface area contributed by atoms with Crippen molar-refractivity contribution in [2.24, 2.45) is 0 Å². The molecule has 4 rings (SSSR count). The minimum absolute atomic E-state index is 0.105. The lowest BCUT2D eigenvalue weighted by Crippen LogP contribution is -2.25. The van der Waals surface area contributed by atoms with E-state index in [4.69, 9.17) is 18.1 Å². The molecule has 3 aromatic heterocycles. The second kappa shape index (κ2) is 8.39. The first kappa shape index (κ1) is 20.3. The first-order chi connectivity index (χ1) is 14.9. The van der Waals surface area contributed by atoms with Gasteiger partial charge in [-0.05, 0) is 44.5 Å². The van der Waals surface area contributed by atoms with E-state index in [0.717, 1.165) is 5.39 Å². The van der Waals surface area contributed by atoms with Crippen LogP contribution in [-0.2, 0) is 0 Å². The lowest BCUT2D eigenvalue weighted by Gasteiger charge is -2.06. The van der Waals surface area contributed by atoms with Crippen LogP contribution in [0, 0.1) is 13.8 Å². The number of furan rings is 1. The van der Waals surface area contributed by atoms with Gasteiger partial charge in [0, 0.05) is 23.6 Å². The number of rotatable bonds is 7. The van der Waals surface area contributed by atoms with Crippen molar-refractivity contribution in [1.29, 1.82) is 0 Å². The fraction of sp³-hybridized carbons (Fsp3) is 0.227. The molecule has 160 valence electrons. The van der Waals surface area contributed by atoms with Crippen molar-refractivity contribution >= 4 is 16.9 Å². The summed E-state index contributed by atoms with van der Waals surface area (Å²) >= 11 is 0. The number of aromatic nitrogens is 1. The molecule has 0 radical (unpaired) electrons. The second-order valence-corrected chi connectivity index (χ2v) is 6.96. The van der Waals surface area contributed by atoms with Crippen LogP contribution in [0.5, 0.6) is 11.5 Å². The Morgan fingerprint density at radius 2 is 2.00 bits per heavy atom. The molecule has 0 unspecified atom stereocenters. The van der Waals surface area contributed by atoms with E-state index >= 15 is 0 Å². The van der Waals surface area contributed by atoms with Gasteiger partial charge in [0.25, 0.3) is 5.91 Å². The predicted molar refractivity (Wildman–Crippen MR) is 110 cm³/mol. The summed E-state index contributed by atoms with van der Waals surface area (Å²) in [5.74, 6) is 0.892. The number of amides is 1. The lowest BCUT2D eigenvalue weighted by molar-refractivity contribution is 0.0914. The molecule has 1 aromatic carbocycles. The molecule has 31 heavy (non-hydrogen) atoms. The minimum Gasteiger partial charge on any atom is -0.507 e. The Labute approximate surface area is 176 Å². The molecular weight excluding hydrogens is 404 g/mol. The molecule has 0 aliphatic heterocycles. The number of nitrogens with one attached hydrogen (secondary N) is 1. The Balaban J connectivity index is 1.40. The SMILES string of the molecule is Cc1c(-c2cc3cc(OCCCNC(=O)c4ccno4)ccc3o2)oc(=O)c(C)c1O. The first-order valence-corrected chi connectivity index (χ1v) is 9.63. The van der Waals surface area contributed by atoms with E-state index in [2.05, 4.69) is 10.5 Å². The number of ether oxygens (including phenoxy) is 1. The van der Waals surface area contributed by atoms with Crippen LogP contribution in [0.1, 0.15) is 28.1 Å². The maximum absolute atomic E-state index is 11.9. The molecule has 3 heterocycles. The van der Waals surface area contributed by atoms with Crippen molar-refractivity contribution in [3.05, 3.63) is 63.8 Å². The molecule has 9 heteroatoms. The molecule has 9 nitrogen and oxygen atoms in total. The monoisotopic (exact) mass is 424 g/mol. The van der Waals surface area contributed by atoms with Gasteiger partial charge in [0.15, 0.2) is 11.5 Å². The average molecular weight is 424 g/mol. The first-order valence-electron chi connectivity index (χ1n) is 9.63. The van der Waals surface area contributed by atoms with Crippen molar-refractivity contribution < 1.29 is 28.0 Å². The number of hydrogen-bond donors (Lipinski definition) is 2. The Morgan fingerprint density at radius 3 is 2.77 bits per heavy atom. The highest BCUT2D eigenvalue weighted by atomic mass is 16.5. The van der Waals surface area contributed by atoms with Gasteiger partial charge in [0.1, 0.15) is 17.1 Å². The molecule has 0 atom stereocenters. The normalized spacial score (nSPS) is 11.0. The summed E-state index contributed by atoms with van der Waals surface area (Å²) in [6, 6.07) is 8.53. The zero-order chi connectivity index (χ0) is 22.0. The maximum atomic E-state index is 11.9. The lowest BCUT2D eigenvalue weighted by atomic mass is 10.1. The summed E-state index contributed by atoms with van der Waals surface area (Å²) in [6.45, 7) is 3.98. The van der Waals surface area contributed by atoms with Gasteiger partial charge in [0.2, 0.25) is 5.76 Å². The standard InChI is InChI=1S/C22H20N2O7/c1-12-19(25)13(2)22(27)30-20(12)18-11-14-10-15(4-5-16(14)29-18)28-9-3-7-23-21(26)17-6-8-24-31-17/h4-6,8,10-11,25H,3,7,9H2,1-2H3,(H,23,26). The van der Waals surface area contributed by atoms with Crippen molar-refractivity contribution in [1.82, 2.24) is 10.5 Å². The Kier molecular flexibility index (Phi) is 5.48. The van der Waals surface area contributed by atoms with Crippen LogP contribution in [0.25, 0.3) is 22.5 Å². The van der Waals surface area contributed by atoms with E-state index in [9.17, 15) is 14.7 Å². The quantitative estimate of drug-likeness (QED) is 0.431. The van der Waals surface area contributed by atoms with E-state index < -0.39 is 5.63 Å². The van der Waals surface area contributed by atoms with Gasteiger partial charge in [-0.15, -0.1) is 0 Å². The predicted octanol–water partition coefficient (Wildman–Crippen LogP) is 3.56. The van der Waals surface area contributed by atoms with E-state index in [1.807, 2.05) is 0 Å². The van der Waals surface area contributed by atoms with Gasteiger partial charge in [-0.2, -0.15) is 0 Å². The van der Waals surface area contributed by atoms with Crippen LogP contribution < -0.4 is 15.7 Å². The molecular formula is C22H20N2O7. The highest BCUT2D eigenvalue weighted by Crippen LogP contribution is 2.34. The molecule has 0 fully saturated rings. The topological polar surface area (TPSA) is 128 Å². The van der Waals surface area contributed by atoms with Gasteiger partial charge < -0.3 is 28.5 Å². The van der Waals surface area contributed by atoms with Crippen molar-refractivity contribution in [3.8, 4) is 23.0 Å². The Hall–Kier alpha value is -4.01. The number of carbonyl (C=O) groups is 1. The Morgan fingerprint density at radius 1 is 1.16 bits per heavy atom. The number of benzene rings is 1. The number of hydrogen-bond acceptors (Lipinski definition) is 8. The maximum Gasteiger partial charge on any atom is 0.343 e. The third kappa shape index (κ3) is 4.16. The second-order valence-electron chi connectivity index (χ2n) is 6.96. The van der Waals surface area contributed by atoms with E-state index in [1.54, 1.807) is 31.2 Å². The van der Waals surface area contributed by atoms with E-state index in [-0.39, 0.29) is 28.7 Å². The van der Waals surface area contributed by atoms with Crippen molar-refractivity contribution in [2.45, 2.75) is 20.3 Å². The van der Waals surface area contributed by atoms with Crippen LogP contribution >= 0.6 is 0 Å². The number of fused-ring (bicyclic) bond motifs is 1. The third-order valence-electron chi connectivity index (χ3n) is 4.80. The van der Waals surface area contributed by atoms with Crippen LogP contribution in [0.15, 0.2) is 54.7 Å². The molecule has 0 bridgehead atoms. The summed E-state index contributed by atoms with van der Waals surface area (Å²) < 4.78 is 21.6. The fourth-order valence-electron chi connectivity index (χ4n) is 3.07. The van der Waals surface area contributed by atoms with Gasteiger partial charge in [-0.1, -0.05) is 5.16 Å². The minimum atomic E-state index is -0.613. The summed E-state index contributed by atoms with van der Waals surface area (Å²) in [7, 11) is 0. The largest absolute Gasteiger partial charge is 0.507 e. The van der Waals surface area contributed by atoms with Crippen molar-refractivity contribution in [2.75, 3.05) is 13.2 Å². The number of carbonyl (C=O) groups excluding carboxylic acids is 1. The molecule has 0 saturated heterocycles. The summed E-state index contributed by atoms with van der Waals surface area (Å²) in [5.41, 5.74) is 0.562. The van der Waals surface area contributed by atoms with Gasteiger partial charge >= 0.3 is 5.63 Å². The number of nitrogens with zero attached hydrogens (tertiary/aromatic N) is 1. The fourth-order valence-corrected chi connectivity index (χ4v) is 3.07. The van der Waals surface area contributed by atoms with Gasteiger partial charge in [0.05, 0.1) is 18.4 Å².